The lowest BCUT2D eigenvalue weighted by atomic mass is 9.79. The lowest BCUT2D eigenvalue weighted by Crippen LogP contribution is -2.25. The summed E-state index contributed by atoms with van der Waals surface area (Å²) in [4.78, 5) is 0. The minimum Gasteiger partial charge on any atom is -0.348 e. The van der Waals surface area contributed by atoms with E-state index in [0.29, 0.717) is 17.8 Å². The van der Waals surface area contributed by atoms with E-state index in [0.717, 1.165) is 18.8 Å². The zero-order valence-electron chi connectivity index (χ0n) is 14.8. The highest BCUT2D eigenvalue weighted by Crippen LogP contribution is 2.36. The Morgan fingerprint density at radius 2 is 1.58 bits per heavy atom. The summed E-state index contributed by atoms with van der Waals surface area (Å²) in [6.45, 7) is 5.45. The quantitative estimate of drug-likeness (QED) is 0.560. The van der Waals surface area contributed by atoms with Gasteiger partial charge < -0.3 is 9.47 Å². The lowest BCUT2D eigenvalue weighted by Gasteiger charge is -2.29. The van der Waals surface area contributed by atoms with Gasteiger partial charge in [-0.3, -0.25) is 0 Å². The standard InChI is InChI=1S/C22H28O2/c1-3-5-17-7-9-19(10-8-17)20-11-13-21(14-12-20)22-23-15-18(6-4-2)16-24-22/h4,6,11-14,17-19,22H,7-10,15-16H2,1-2H3/t17-,18-,19-,22-. The van der Waals surface area contributed by atoms with E-state index in [-0.39, 0.29) is 6.29 Å². The van der Waals surface area contributed by atoms with Crippen LogP contribution in [0.25, 0.3) is 0 Å². The van der Waals surface area contributed by atoms with Crippen LogP contribution in [0.1, 0.15) is 62.9 Å². The fraction of sp³-hybridized carbons (Fsp3) is 0.545. The smallest absolute Gasteiger partial charge is 0.183 e. The molecule has 0 amide bonds. The second-order valence-corrected chi connectivity index (χ2v) is 6.89. The van der Waals surface area contributed by atoms with E-state index in [9.17, 15) is 0 Å². The Morgan fingerprint density at radius 1 is 0.958 bits per heavy atom. The van der Waals surface area contributed by atoms with Crippen molar-refractivity contribution in [3.05, 3.63) is 47.5 Å². The molecule has 0 aromatic heterocycles. The van der Waals surface area contributed by atoms with Gasteiger partial charge in [0.1, 0.15) is 0 Å². The average molecular weight is 324 g/mol. The van der Waals surface area contributed by atoms with Crippen LogP contribution in [-0.4, -0.2) is 13.2 Å². The van der Waals surface area contributed by atoms with Crippen LogP contribution in [0.2, 0.25) is 0 Å². The molecule has 2 fully saturated rings. The van der Waals surface area contributed by atoms with E-state index in [4.69, 9.17) is 9.47 Å². The highest BCUT2D eigenvalue weighted by Gasteiger charge is 2.24. The van der Waals surface area contributed by atoms with Crippen molar-refractivity contribution in [1.29, 1.82) is 0 Å². The second kappa shape index (κ2) is 8.51. The minimum absolute atomic E-state index is 0.212. The first-order valence-electron chi connectivity index (χ1n) is 9.18. The van der Waals surface area contributed by atoms with Crippen LogP contribution in [0.15, 0.2) is 36.4 Å². The minimum atomic E-state index is -0.212. The summed E-state index contributed by atoms with van der Waals surface area (Å²) in [5.74, 6) is 8.07. The monoisotopic (exact) mass is 324 g/mol. The molecule has 1 aromatic carbocycles. The Morgan fingerprint density at radius 3 is 2.17 bits per heavy atom. The van der Waals surface area contributed by atoms with E-state index in [2.05, 4.69) is 48.3 Å². The first-order chi connectivity index (χ1) is 11.8. The Kier molecular flexibility index (Phi) is 6.12. The maximum absolute atomic E-state index is 5.87. The molecule has 1 saturated heterocycles. The Labute approximate surface area is 146 Å². The molecule has 0 bridgehead atoms. The highest BCUT2D eigenvalue weighted by atomic mass is 16.7. The SMILES string of the molecule is CC#C[C@H]1CC[C@H](c2ccc([C@H]3OC[C@H](C=CC)CO3)cc2)CC1. The predicted molar refractivity (Wildman–Crippen MR) is 97.5 cm³/mol. The molecule has 0 radical (unpaired) electrons. The number of benzene rings is 1. The first kappa shape index (κ1) is 17.3. The summed E-state index contributed by atoms with van der Waals surface area (Å²) in [6.07, 6.45) is 8.96. The van der Waals surface area contributed by atoms with Crippen LogP contribution in [0.5, 0.6) is 0 Å². The van der Waals surface area contributed by atoms with E-state index < -0.39 is 0 Å². The third-order valence-electron chi connectivity index (χ3n) is 5.14. The largest absolute Gasteiger partial charge is 0.348 e. The number of allylic oxidation sites excluding steroid dienone is 1. The summed E-state index contributed by atoms with van der Waals surface area (Å²) in [5, 5.41) is 0. The lowest BCUT2D eigenvalue weighted by molar-refractivity contribution is -0.197. The molecule has 128 valence electrons. The zero-order valence-corrected chi connectivity index (χ0v) is 14.8. The van der Waals surface area contributed by atoms with Gasteiger partial charge in [0.25, 0.3) is 0 Å². The molecule has 1 saturated carbocycles. The Bertz CT molecular complexity index is 589. The van der Waals surface area contributed by atoms with Crippen molar-refractivity contribution in [3.8, 4) is 11.8 Å². The zero-order chi connectivity index (χ0) is 16.8. The normalized spacial score (nSPS) is 30.8. The number of hydrogen-bond acceptors (Lipinski definition) is 2. The molecule has 2 aliphatic rings. The van der Waals surface area contributed by atoms with Crippen molar-refractivity contribution in [2.24, 2.45) is 11.8 Å². The average Bonchev–Trinajstić information content (AvgIpc) is 2.64. The molecule has 2 nitrogen and oxygen atoms in total. The van der Waals surface area contributed by atoms with Gasteiger partial charge in [-0.25, -0.2) is 0 Å². The molecule has 2 heteroatoms. The predicted octanol–water partition coefficient (Wildman–Crippen LogP) is 5.22. The topological polar surface area (TPSA) is 18.5 Å². The van der Waals surface area contributed by atoms with Crippen LogP contribution in [0, 0.1) is 23.7 Å². The van der Waals surface area contributed by atoms with Crippen LogP contribution in [-0.2, 0) is 9.47 Å². The molecule has 0 unspecified atom stereocenters. The Hall–Kier alpha value is -1.56. The van der Waals surface area contributed by atoms with Gasteiger partial charge in [-0.15, -0.1) is 11.8 Å². The molecular weight excluding hydrogens is 296 g/mol. The van der Waals surface area contributed by atoms with Gasteiger partial charge in [0.05, 0.1) is 13.2 Å². The van der Waals surface area contributed by atoms with Crippen LogP contribution >= 0.6 is 0 Å². The summed E-state index contributed by atoms with van der Waals surface area (Å²) in [6, 6.07) is 8.87. The van der Waals surface area contributed by atoms with Crippen molar-refractivity contribution in [3.63, 3.8) is 0 Å². The third-order valence-corrected chi connectivity index (χ3v) is 5.14. The van der Waals surface area contributed by atoms with Crippen LogP contribution < -0.4 is 0 Å². The number of hydrogen-bond donors (Lipinski definition) is 0. The third kappa shape index (κ3) is 4.29. The fourth-order valence-corrected chi connectivity index (χ4v) is 3.79. The van der Waals surface area contributed by atoms with Gasteiger partial charge in [0.15, 0.2) is 6.29 Å². The van der Waals surface area contributed by atoms with E-state index >= 15 is 0 Å². The molecule has 3 rings (SSSR count). The molecule has 1 aromatic rings. The van der Waals surface area contributed by atoms with Crippen LogP contribution in [0.3, 0.4) is 0 Å². The molecule has 1 aliphatic heterocycles. The fourth-order valence-electron chi connectivity index (χ4n) is 3.79. The maximum Gasteiger partial charge on any atom is 0.183 e. The molecule has 1 heterocycles. The molecule has 1 aliphatic carbocycles. The van der Waals surface area contributed by atoms with Crippen molar-refractivity contribution < 1.29 is 9.47 Å². The van der Waals surface area contributed by atoms with Crippen molar-refractivity contribution in [1.82, 2.24) is 0 Å². The molecule has 0 atom stereocenters. The van der Waals surface area contributed by atoms with Crippen molar-refractivity contribution in [2.45, 2.75) is 51.7 Å². The summed E-state index contributed by atoms with van der Waals surface area (Å²) >= 11 is 0. The summed E-state index contributed by atoms with van der Waals surface area (Å²) in [5.41, 5.74) is 2.58. The van der Waals surface area contributed by atoms with Gasteiger partial charge >= 0.3 is 0 Å². The molecular formula is C22H28O2. The van der Waals surface area contributed by atoms with Crippen LogP contribution in [0.4, 0.5) is 0 Å². The molecule has 0 spiro atoms. The van der Waals surface area contributed by atoms with Crippen molar-refractivity contribution >= 4 is 0 Å². The number of rotatable bonds is 3. The van der Waals surface area contributed by atoms with Gasteiger partial charge in [-0.1, -0.05) is 36.4 Å². The van der Waals surface area contributed by atoms with Crippen molar-refractivity contribution in [2.75, 3.05) is 13.2 Å². The van der Waals surface area contributed by atoms with E-state index in [1.807, 2.05) is 13.8 Å². The van der Waals surface area contributed by atoms with Gasteiger partial charge in [-0.2, -0.15) is 0 Å². The maximum atomic E-state index is 5.87. The summed E-state index contributed by atoms with van der Waals surface area (Å²) < 4.78 is 11.7. The second-order valence-electron chi connectivity index (χ2n) is 6.89. The Balaban J connectivity index is 1.55. The molecule has 24 heavy (non-hydrogen) atoms. The number of ether oxygens (including phenoxy) is 2. The highest BCUT2D eigenvalue weighted by molar-refractivity contribution is 5.27. The van der Waals surface area contributed by atoms with Gasteiger partial charge in [0.2, 0.25) is 0 Å². The first-order valence-corrected chi connectivity index (χ1v) is 9.18. The van der Waals surface area contributed by atoms with Gasteiger partial charge in [-0.05, 0) is 51.0 Å². The van der Waals surface area contributed by atoms with E-state index in [1.54, 1.807) is 0 Å². The summed E-state index contributed by atoms with van der Waals surface area (Å²) in [7, 11) is 0. The van der Waals surface area contributed by atoms with E-state index in [1.165, 1.54) is 31.2 Å². The van der Waals surface area contributed by atoms with Gasteiger partial charge in [0, 0.05) is 17.4 Å². The molecule has 0 N–H and O–H groups in total.